The molecule has 1 aromatic heterocycles. The molecular formula is C12H18N4O4S. The summed E-state index contributed by atoms with van der Waals surface area (Å²) in [5.41, 5.74) is -0.0361. The molecule has 116 valence electrons. The van der Waals surface area contributed by atoms with Crippen LogP contribution in [0.25, 0.3) is 0 Å². The van der Waals surface area contributed by atoms with Crippen LogP contribution in [-0.4, -0.2) is 44.2 Å². The van der Waals surface area contributed by atoms with Crippen LogP contribution < -0.4 is 9.62 Å². The number of piperidine rings is 1. The van der Waals surface area contributed by atoms with Crippen LogP contribution in [-0.2, 0) is 10.0 Å². The summed E-state index contributed by atoms with van der Waals surface area (Å²) in [7, 11) is -3.18. The first kappa shape index (κ1) is 15.6. The van der Waals surface area contributed by atoms with Gasteiger partial charge in [0.25, 0.3) is 5.69 Å². The fraction of sp³-hybridized carbons (Fsp3) is 0.583. The summed E-state index contributed by atoms with van der Waals surface area (Å²) in [5, 5.41) is 10.6. The molecule has 9 heteroatoms. The molecule has 1 aliphatic heterocycles. The van der Waals surface area contributed by atoms with E-state index >= 15 is 0 Å². The van der Waals surface area contributed by atoms with E-state index < -0.39 is 14.9 Å². The normalized spacial score (nSPS) is 19.5. The predicted molar refractivity (Wildman–Crippen MR) is 78.7 cm³/mol. The average molecular weight is 314 g/mol. The third-order valence-corrected chi connectivity index (χ3v) is 4.11. The number of aromatic nitrogens is 1. The minimum Gasteiger partial charge on any atom is -0.356 e. The van der Waals surface area contributed by atoms with Gasteiger partial charge < -0.3 is 4.90 Å². The number of rotatable bonds is 5. The predicted octanol–water partition coefficient (Wildman–Crippen LogP) is 0.755. The largest absolute Gasteiger partial charge is 0.356 e. The molecule has 1 atom stereocenters. The summed E-state index contributed by atoms with van der Waals surface area (Å²) >= 11 is 0. The van der Waals surface area contributed by atoms with Crippen molar-refractivity contribution in [2.24, 2.45) is 5.92 Å². The summed E-state index contributed by atoms with van der Waals surface area (Å²) in [6, 6.07) is 3.06. The average Bonchev–Trinajstić information content (AvgIpc) is 2.45. The van der Waals surface area contributed by atoms with Crippen LogP contribution in [0, 0.1) is 16.0 Å². The van der Waals surface area contributed by atoms with Crippen LogP contribution >= 0.6 is 0 Å². The van der Waals surface area contributed by atoms with E-state index in [0.29, 0.717) is 18.9 Å². The van der Waals surface area contributed by atoms with E-state index in [2.05, 4.69) is 9.71 Å². The summed E-state index contributed by atoms with van der Waals surface area (Å²) < 4.78 is 24.8. The van der Waals surface area contributed by atoms with Crippen LogP contribution in [0.1, 0.15) is 12.8 Å². The SMILES string of the molecule is CS(=O)(=O)NC[C@H]1CCCN(c2ccc([N+](=O)[O-])cn2)C1. The molecule has 0 saturated carbocycles. The maximum atomic E-state index is 11.1. The van der Waals surface area contributed by atoms with Crippen molar-refractivity contribution >= 4 is 21.5 Å². The molecule has 8 nitrogen and oxygen atoms in total. The molecule has 2 heterocycles. The van der Waals surface area contributed by atoms with E-state index in [1.54, 1.807) is 6.07 Å². The molecule has 0 radical (unpaired) electrons. The second-order valence-electron chi connectivity index (χ2n) is 5.21. The summed E-state index contributed by atoms with van der Waals surface area (Å²) in [6.07, 6.45) is 4.28. The molecule has 0 bridgehead atoms. The Hall–Kier alpha value is -1.74. The fourth-order valence-electron chi connectivity index (χ4n) is 2.38. The topological polar surface area (TPSA) is 105 Å². The zero-order chi connectivity index (χ0) is 15.5. The number of nitro groups is 1. The number of nitrogens with zero attached hydrogens (tertiary/aromatic N) is 3. The van der Waals surface area contributed by atoms with Crippen molar-refractivity contribution in [2.45, 2.75) is 12.8 Å². The molecule has 0 amide bonds. The van der Waals surface area contributed by atoms with Crippen molar-refractivity contribution in [2.75, 3.05) is 30.8 Å². The van der Waals surface area contributed by atoms with Crippen molar-refractivity contribution in [3.05, 3.63) is 28.4 Å². The Kier molecular flexibility index (Phi) is 4.73. The lowest BCUT2D eigenvalue weighted by Crippen LogP contribution is -2.41. The zero-order valence-electron chi connectivity index (χ0n) is 11.7. The van der Waals surface area contributed by atoms with Crippen LogP contribution in [0.15, 0.2) is 18.3 Å². The van der Waals surface area contributed by atoms with Gasteiger partial charge in [-0.25, -0.2) is 18.1 Å². The van der Waals surface area contributed by atoms with Gasteiger partial charge in [-0.2, -0.15) is 0 Å². The molecule has 21 heavy (non-hydrogen) atoms. The first-order chi connectivity index (χ1) is 9.85. The van der Waals surface area contributed by atoms with E-state index in [1.165, 1.54) is 12.3 Å². The lowest BCUT2D eigenvalue weighted by atomic mass is 9.98. The molecule has 1 aromatic rings. The van der Waals surface area contributed by atoms with Crippen LogP contribution in [0.4, 0.5) is 11.5 Å². The molecule has 0 unspecified atom stereocenters. The highest BCUT2D eigenvalue weighted by Crippen LogP contribution is 2.22. The molecule has 0 aromatic carbocycles. The lowest BCUT2D eigenvalue weighted by molar-refractivity contribution is -0.385. The highest BCUT2D eigenvalue weighted by molar-refractivity contribution is 7.88. The van der Waals surface area contributed by atoms with Crippen LogP contribution in [0.3, 0.4) is 0 Å². The Labute approximate surface area is 123 Å². The highest BCUT2D eigenvalue weighted by Gasteiger charge is 2.22. The van der Waals surface area contributed by atoms with Crippen LogP contribution in [0.5, 0.6) is 0 Å². The van der Waals surface area contributed by atoms with Gasteiger partial charge in [0.05, 0.1) is 11.2 Å². The number of hydrogen-bond acceptors (Lipinski definition) is 6. The molecule has 1 fully saturated rings. The van der Waals surface area contributed by atoms with Gasteiger partial charge in [0, 0.05) is 25.7 Å². The quantitative estimate of drug-likeness (QED) is 0.635. The molecule has 1 N–H and O–H groups in total. The number of anilines is 1. The van der Waals surface area contributed by atoms with Gasteiger partial charge in [0.2, 0.25) is 10.0 Å². The summed E-state index contributed by atoms with van der Waals surface area (Å²) in [5.74, 6) is 0.898. The third kappa shape index (κ3) is 4.64. The summed E-state index contributed by atoms with van der Waals surface area (Å²) in [4.78, 5) is 16.3. The zero-order valence-corrected chi connectivity index (χ0v) is 12.5. The van der Waals surface area contributed by atoms with Crippen molar-refractivity contribution in [1.82, 2.24) is 9.71 Å². The minimum atomic E-state index is -3.18. The Morgan fingerprint density at radius 2 is 2.29 bits per heavy atom. The van der Waals surface area contributed by atoms with Gasteiger partial charge in [-0.3, -0.25) is 10.1 Å². The van der Waals surface area contributed by atoms with Crippen molar-refractivity contribution in [1.29, 1.82) is 0 Å². The standard InChI is InChI=1S/C12H18N4O4S/c1-21(19,20)14-7-10-3-2-6-15(9-10)12-5-4-11(8-13-12)16(17)18/h4-5,8,10,14H,2-3,6-7,9H2,1H3/t10-/m1/s1. The van der Waals surface area contributed by atoms with E-state index in [9.17, 15) is 18.5 Å². The van der Waals surface area contributed by atoms with Crippen molar-refractivity contribution < 1.29 is 13.3 Å². The number of nitrogens with one attached hydrogen (secondary N) is 1. The van der Waals surface area contributed by atoms with Gasteiger partial charge >= 0.3 is 0 Å². The maximum Gasteiger partial charge on any atom is 0.287 e. The van der Waals surface area contributed by atoms with E-state index in [1.807, 2.05) is 4.90 Å². The molecule has 1 saturated heterocycles. The monoisotopic (exact) mass is 314 g/mol. The molecule has 0 aliphatic carbocycles. The fourth-order valence-corrected chi connectivity index (χ4v) is 2.92. The first-order valence-corrected chi connectivity index (χ1v) is 8.54. The van der Waals surface area contributed by atoms with Crippen molar-refractivity contribution in [3.63, 3.8) is 0 Å². The lowest BCUT2D eigenvalue weighted by Gasteiger charge is -2.33. The Morgan fingerprint density at radius 3 is 2.86 bits per heavy atom. The number of pyridine rings is 1. The Bertz CT molecular complexity index is 602. The van der Waals surface area contributed by atoms with Gasteiger partial charge in [-0.1, -0.05) is 0 Å². The van der Waals surface area contributed by atoms with E-state index in [4.69, 9.17) is 0 Å². The number of sulfonamides is 1. The highest BCUT2D eigenvalue weighted by atomic mass is 32.2. The maximum absolute atomic E-state index is 11.1. The second kappa shape index (κ2) is 6.35. The molecular weight excluding hydrogens is 296 g/mol. The Balaban J connectivity index is 1.98. The molecule has 1 aliphatic rings. The smallest absolute Gasteiger partial charge is 0.287 e. The second-order valence-corrected chi connectivity index (χ2v) is 7.04. The van der Waals surface area contributed by atoms with Gasteiger partial charge in [-0.15, -0.1) is 0 Å². The molecule has 0 spiro atoms. The first-order valence-electron chi connectivity index (χ1n) is 6.65. The Morgan fingerprint density at radius 1 is 1.52 bits per heavy atom. The van der Waals surface area contributed by atoms with Crippen LogP contribution in [0.2, 0.25) is 0 Å². The van der Waals surface area contributed by atoms with Gasteiger partial charge in [0.15, 0.2) is 0 Å². The number of hydrogen-bond donors (Lipinski definition) is 1. The van der Waals surface area contributed by atoms with E-state index in [-0.39, 0.29) is 11.6 Å². The van der Waals surface area contributed by atoms with Crippen molar-refractivity contribution in [3.8, 4) is 0 Å². The third-order valence-electron chi connectivity index (χ3n) is 3.42. The van der Waals surface area contributed by atoms with E-state index in [0.717, 1.165) is 25.6 Å². The van der Waals surface area contributed by atoms with Gasteiger partial charge in [-0.05, 0) is 24.8 Å². The minimum absolute atomic E-state index is 0.0361. The molecule has 2 rings (SSSR count). The van der Waals surface area contributed by atoms with Gasteiger partial charge in [0.1, 0.15) is 12.0 Å². The summed E-state index contributed by atoms with van der Waals surface area (Å²) in [6.45, 7) is 1.91.